The summed E-state index contributed by atoms with van der Waals surface area (Å²) in [4.78, 5) is 10.8. The van der Waals surface area contributed by atoms with Crippen molar-refractivity contribution in [3.05, 3.63) is 182 Å². The maximum atomic E-state index is 5.38. The summed E-state index contributed by atoms with van der Waals surface area (Å²) in [6, 6.07) is 65.2. The molecule has 4 heterocycles. The maximum absolute atomic E-state index is 5.38. The first-order chi connectivity index (χ1) is 27.3. The molecule has 55 heavy (non-hydrogen) atoms. The molecule has 0 aliphatic carbocycles. The second kappa shape index (κ2) is 11.7. The van der Waals surface area contributed by atoms with E-state index in [1.165, 1.54) is 63.5 Å². The van der Waals surface area contributed by atoms with Crippen molar-refractivity contribution in [1.82, 2.24) is 19.1 Å². The Labute approximate surface area is 319 Å². The smallest absolute Gasteiger partial charge is 0.235 e. The zero-order chi connectivity index (χ0) is 36.0. The van der Waals surface area contributed by atoms with Gasteiger partial charge in [-0.05, 0) is 53.2 Å². The van der Waals surface area contributed by atoms with Crippen molar-refractivity contribution >= 4 is 85.9 Å². The Morgan fingerprint density at radius 1 is 0.382 bits per heavy atom. The normalized spacial score (nSPS) is 12.0. The van der Waals surface area contributed by atoms with E-state index < -0.39 is 0 Å². The highest BCUT2D eigenvalue weighted by Crippen LogP contribution is 2.47. The molecule has 0 bridgehead atoms. The molecule has 12 rings (SSSR count). The highest BCUT2D eigenvalue weighted by molar-refractivity contribution is 7.26. The summed E-state index contributed by atoms with van der Waals surface area (Å²) in [7, 11) is 0. The van der Waals surface area contributed by atoms with E-state index >= 15 is 0 Å². The summed E-state index contributed by atoms with van der Waals surface area (Å²) in [6.07, 6.45) is 0. The van der Waals surface area contributed by atoms with Gasteiger partial charge in [0.1, 0.15) is 0 Å². The van der Waals surface area contributed by atoms with Gasteiger partial charge >= 0.3 is 0 Å². The highest BCUT2D eigenvalue weighted by Gasteiger charge is 2.24. The summed E-state index contributed by atoms with van der Waals surface area (Å²) in [5, 5.41) is 9.77. The monoisotopic (exact) mass is 718 g/mol. The molecule has 12 aromatic rings. The van der Waals surface area contributed by atoms with Crippen LogP contribution in [0.5, 0.6) is 0 Å². The Hall–Kier alpha value is -7.08. The number of nitrogens with zero attached hydrogens (tertiary/aromatic N) is 4. The molecule has 0 radical (unpaired) electrons. The van der Waals surface area contributed by atoms with E-state index in [2.05, 4.69) is 179 Å². The lowest BCUT2D eigenvalue weighted by atomic mass is 10.0. The maximum Gasteiger partial charge on any atom is 0.235 e. The van der Waals surface area contributed by atoms with Crippen molar-refractivity contribution in [2.45, 2.75) is 0 Å². The zero-order valence-electron chi connectivity index (χ0n) is 29.5. The molecule has 0 aliphatic rings. The van der Waals surface area contributed by atoms with Crippen LogP contribution in [0.1, 0.15) is 0 Å². The number of hydrogen-bond donors (Lipinski definition) is 0. The predicted molar refractivity (Wildman–Crippen MR) is 232 cm³/mol. The van der Waals surface area contributed by atoms with Gasteiger partial charge < -0.3 is 4.57 Å². The van der Waals surface area contributed by atoms with E-state index in [0.717, 1.165) is 39.2 Å². The molecule has 5 heteroatoms. The van der Waals surface area contributed by atoms with Crippen LogP contribution in [0, 0.1) is 0 Å². The molecule has 0 atom stereocenters. The minimum atomic E-state index is 0.653. The molecular weight excluding hydrogens is 689 g/mol. The second-order valence-corrected chi connectivity index (χ2v) is 15.3. The molecule has 0 amide bonds. The van der Waals surface area contributed by atoms with Gasteiger partial charge in [0.15, 0.2) is 0 Å². The van der Waals surface area contributed by atoms with Crippen molar-refractivity contribution in [3.63, 3.8) is 0 Å². The Balaban J connectivity index is 1.26. The Morgan fingerprint density at radius 2 is 0.891 bits per heavy atom. The summed E-state index contributed by atoms with van der Waals surface area (Å²) in [6.45, 7) is 0. The molecule has 256 valence electrons. The summed E-state index contributed by atoms with van der Waals surface area (Å²) in [5.74, 6) is 0.653. The first-order valence-corrected chi connectivity index (χ1v) is 19.4. The molecule has 4 aromatic heterocycles. The van der Waals surface area contributed by atoms with Crippen LogP contribution < -0.4 is 0 Å². The van der Waals surface area contributed by atoms with Crippen LogP contribution in [0.3, 0.4) is 0 Å². The molecule has 8 aromatic carbocycles. The minimum Gasteiger partial charge on any atom is -0.309 e. The average Bonchev–Trinajstić information content (AvgIpc) is 3.91. The van der Waals surface area contributed by atoms with Crippen molar-refractivity contribution in [2.24, 2.45) is 0 Å². The highest BCUT2D eigenvalue weighted by atomic mass is 32.1. The van der Waals surface area contributed by atoms with E-state index in [-0.39, 0.29) is 0 Å². The van der Waals surface area contributed by atoms with Gasteiger partial charge in [0.2, 0.25) is 5.95 Å². The molecular formula is C50H30N4S. The number of fused-ring (bicyclic) bond motifs is 12. The van der Waals surface area contributed by atoms with E-state index in [4.69, 9.17) is 9.97 Å². The molecule has 0 spiro atoms. The fourth-order valence-corrected chi connectivity index (χ4v) is 9.80. The number of benzene rings is 8. The third-order valence-corrected chi connectivity index (χ3v) is 12.2. The van der Waals surface area contributed by atoms with E-state index in [1.807, 2.05) is 23.5 Å². The fourth-order valence-electron chi connectivity index (χ4n) is 8.69. The van der Waals surface area contributed by atoms with Crippen LogP contribution in [0.25, 0.3) is 109 Å². The van der Waals surface area contributed by atoms with Crippen LogP contribution in [0.4, 0.5) is 0 Å². The lowest BCUT2D eigenvalue weighted by Gasteiger charge is -2.13. The van der Waals surface area contributed by atoms with Gasteiger partial charge in [0, 0.05) is 58.5 Å². The standard InChI is InChI=1S/C50H30N4S/c1-3-14-32(15-4-1)40-30-41(33-16-5-2-6-17-33)52-50(51-40)54-43-22-12-10-20-37(43)39-26-28-45-47(49(39)54)46-44(55-45)27-25-38-36-19-9-11-21-42(36)53(48(38)46)35-24-23-31-13-7-8-18-34(31)29-35/h1-30H. The Bertz CT molecular complexity index is 3430. The largest absolute Gasteiger partial charge is 0.309 e. The number of hydrogen-bond acceptors (Lipinski definition) is 3. The van der Waals surface area contributed by atoms with Gasteiger partial charge in [-0.15, -0.1) is 11.3 Å². The van der Waals surface area contributed by atoms with E-state index in [1.54, 1.807) is 0 Å². The molecule has 4 nitrogen and oxygen atoms in total. The lowest BCUT2D eigenvalue weighted by molar-refractivity contribution is 0.998. The van der Waals surface area contributed by atoms with Gasteiger partial charge in [0.25, 0.3) is 0 Å². The zero-order valence-corrected chi connectivity index (χ0v) is 30.3. The van der Waals surface area contributed by atoms with Gasteiger partial charge in [-0.3, -0.25) is 4.57 Å². The van der Waals surface area contributed by atoms with Gasteiger partial charge in [-0.2, -0.15) is 0 Å². The molecule has 0 saturated carbocycles. The third-order valence-electron chi connectivity index (χ3n) is 11.1. The number of para-hydroxylation sites is 2. The molecule has 0 fully saturated rings. The van der Waals surface area contributed by atoms with Crippen molar-refractivity contribution in [3.8, 4) is 34.2 Å². The lowest BCUT2D eigenvalue weighted by Crippen LogP contribution is -2.04. The fraction of sp³-hybridized carbons (Fsp3) is 0. The topological polar surface area (TPSA) is 35.6 Å². The Morgan fingerprint density at radius 3 is 1.51 bits per heavy atom. The molecule has 0 N–H and O–H groups in total. The Kier molecular flexibility index (Phi) is 6.47. The first-order valence-electron chi connectivity index (χ1n) is 18.6. The molecule has 0 unspecified atom stereocenters. The third kappa shape index (κ3) is 4.51. The quantitative estimate of drug-likeness (QED) is 0.182. The number of aromatic nitrogens is 4. The van der Waals surface area contributed by atoms with Gasteiger partial charge in [-0.1, -0.05) is 140 Å². The first kappa shape index (κ1) is 30.4. The molecule has 0 saturated heterocycles. The van der Waals surface area contributed by atoms with Gasteiger partial charge in [0.05, 0.1) is 33.5 Å². The van der Waals surface area contributed by atoms with Crippen LogP contribution in [-0.2, 0) is 0 Å². The van der Waals surface area contributed by atoms with Crippen molar-refractivity contribution in [2.75, 3.05) is 0 Å². The van der Waals surface area contributed by atoms with Crippen LogP contribution >= 0.6 is 11.3 Å². The van der Waals surface area contributed by atoms with Crippen molar-refractivity contribution in [1.29, 1.82) is 0 Å². The number of thiophene rings is 1. The van der Waals surface area contributed by atoms with Crippen LogP contribution in [0.2, 0.25) is 0 Å². The van der Waals surface area contributed by atoms with E-state index in [0.29, 0.717) is 5.95 Å². The summed E-state index contributed by atoms with van der Waals surface area (Å²) < 4.78 is 7.29. The SMILES string of the molecule is c1ccc(-c2cc(-c3ccccc3)nc(-n3c4ccccc4c4ccc5sc6ccc7c8ccccc8n(-c8ccc9ccccc9c8)c7c6c5c43)n2)cc1. The summed E-state index contributed by atoms with van der Waals surface area (Å²) >= 11 is 1.85. The second-order valence-electron chi connectivity index (χ2n) is 14.2. The number of rotatable bonds is 4. The van der Waals surface area contributed by atoms with Crippen LogP contribution in [-0.4, -0.2) is 19.1 Å². The average molecular weight is 719 g/mol. The van der Waals surface area contributed by atoms with Gasteiger partial charge in [-0.25, -0.2) is 9.97 Å². The van der Waals surface area contributed by atoms with E-state index in [9.17, 15) is 0 Å². The van der Waals surface area contributed by atoms with Crippen molar-refractivity contribution < 1.29 is 0 Å². The predicted octanol–water partition coefficient (Wildman–Crippen LogP) is 13.5. The minimum absolute atomic E-state index is 0.653. The van der Waals surface area contributed by atoms with Crippen LogP contribution in [0.15, 0.2) is 182 Å². The summed E-state index contributed by atoms with van der Waals surface area (Å²) in [5.41, 5.74) is 9.64. The molecule has 0 aliphatic heterocycles.